The maximum atomic E-state index is 11.9. The van der Waals surface area contributed by atoms with Gasteiger partial charge in [0.1, 0.15) is 0 Å². The minimum atomic E-state index is -0.0183. The average molecular weight is 364 g/mol. The van der Waals surface area contributed by atoms with Gasteiger partial charge in [-0.3, -0.25) is 9.59 Å². The molecule has 0 aliphatic rings. The van der Waals surface area contributed by atoms with Crippen molar-refractivity contribution in [3.63, 3.8) is 0 Å². The van der Waals surface area contributed by atoms with Crippen LogP contribution in [0.5, 0.6) is 0 Å². The second-order valence-corrected chi connectivity index (χ2v) is 6.39. The standard InChI is InChI=1S/C20H33N3O3/c1-5-23(6-2)14-16-26-15-13-21-19(24)12-9-17-7-10-18(11-8-17)20(25)22(3)4/h7-8,10-11H,5-6,9,12-16H2,1-4H3,(H,21,24). The molecule has 0 atom stereocenters. The van der Waals surface area contributed by atoms with Gasteiger partial charge in [-0.05, 0) is 37.2 Å². The van der Waals surface area contributed by atoms with Gasteiger partial charge in [-0.1, -0.05) is 26.0 Å². The number of hydrogen-bond acceptors (Lipinski definition) is 4. The summed E-state index contributed by atoms with van der Waals surface area (Å²) < 4.78 is 5.54. The van der Waals surface area contributed by atoms with Gasteiger partial charge in [0.2, 0.25) is 5.91 Å². The van der Waals surface area contributed by atoms with Crippen LogP contribution in [-0.4, -0.2) is 75.1 Å². The molecule has 1 N–H and O–H groups in total. The van der Waals surface area contributed by atoms with Crippen LogP contribution >= 0.6 is 0 Å². The quantitative estimate of drug-likeness (QED) is 0.575. The summed E-state index contributed by atoms with van der Waals surface area (Å²) in [6, 6.07) is 7.42. The van der Waals surface area contributed by atoms with E-state index in [0.29, 0.717) is 38.2 Å². The molecular weight excluding hydrogens is 330 g/mol. The number of aryl methyl sites for hydroxylation is 1. The lowest BCUT2D eigenvalue weighted by atomic mass is 10.1. The molecule has 0 saturated carbocycles. The van der Waals surface area contributed by atoms with Crippen LogP contribution in [0.1, 0.15) is 36.2 Å². The molecule has 2 amide bonds. The third-order valence-corrected chi connectivity index (χ3v) is 4.26. The van der Waals surface area contributed by atoms with Crippen LogP contribution in [0, 0.1) is 0 Å². The van der Waals surface area contributed by atoms with Crippen molar-refractivity contribution in [3.05, 3.63) is 35.4 Å². The Morgan fingerprint density at radius 1 is 1.04 bits per heavy atom. The number of nitrogens with one attached hydrogen (secondary N) is 1. The maximum absolute atomic E-state index is 11.9. The third-order valence-electron chi connectivity index (χ3n) is 4.26. The largest absolute Gasteiger partial charge is 0.378 e. The van der Waals surface area contributed by atoms with Gasteiger partial charge in [0.25, 0.3) is 5.91 Å². The lowest BCUT2D eigenvalue weighted by molar-refractivity contribution is -0.121. The van der Waals surface area contributed by atoms with Crippen LogP contribution in [0.25, 0.3) is 0 Å². The first-order valence-corrected chi connectivity index (χ1v) is 9.35. The third kappa shape index (κ3) is 8.45. The van der Waals surface area contributed by atoms with Crippen molar-refractivity contribution in [1.82, 2.24) is 15.1 Å². The van der Waals surface area contributed by atoms with E-state index in [1.807, 2.05) is 12.1 Å². The molecule has 0 fully saturated rings. The Morgan fingerprint density at radius 3 is 2.27 bits per heavy atom. The lowest BCUT2D eigenvalue weighted by Gasteiger charge is -2.17. The van der Waals surface area contributed by atoms with Crippen molar-refractivity contribution in [2.45, 2.75) is 26.7 Å². The minimum Gasteiger partial charge on any atom is -0.378 e. The number of ether oxygens (including phenoxy) is 1. The average Bonchev–Trinajstić information content (AvgIpc) is 2.65. The summed E-state index contributed by atoms with van der Waals surface area (Å²) in [6.45, 7) is 9.01. The van der Waals surface area contributed by atoms with E-state index in [9.17, 15) is 9.59 Å². The van der Waals surface area contributed by atoms with Gasteiger partial charge >= 0.3 is 0 Å². The van der Waals surface area contributed by atoms with Crippen molar-refractivity contribution in [2.75, 3.05) is 53.5 Å². The predicted molar refractivity (Wildman–Crippen MR) is 104 cm³/mol. The lowest BCUT2D eigenvalue weighted by Crippen LogP contribution is -2.30. The Hall–Kier alpha value is -1.92. The molecule has 6 nitrogen and oxygen atoms in total. The summed E-state index contributed by atoms with van der Waals surface area (Å²) in [5, 5.41) is 2.88. The molecule has 0 aliphatic carbocycles. The summed E-state index contributed by atoms with van der Waals surface area (Å²) in [6.07, 6.45) is 1.09. The van der Waals surface area contributed by atoms with Gasteiger partial charge in [-0.15, -0.1) is 0 Å². The maximum Gasteiger partial charge on any atom is 0.253 e. The second-order valence-electron chi connectivity index (χ2n) is 6.39. The minimum absolute atomic E-state index is 0.0183. The zero-order valence-electron chi connectivity index (χ0n) is 16.6. The zero-order chi connectivity index (χ0) is 19.4. The topological polar surface area (TPSA) is 61.9 Å². The highest BCUT2D eigenvalue weighted by molar-refractivity contribution is 5.93. The predicted octanol–water partition coefficient (Wildman–Crippen LogP) is 1.80. The summed E-state index contributed by atoms with van der Waals surface area (Å²) >= 11 is 0. The SMILES string of the molecule is CCN(CC)CCOCCNC(=O)CCc1ccc(C(=O)N(C)C)cc1. The smallest absolute Gasteiger partial charge is 0.253 e. The number of nitrogens with zero attached hydrogens (tertiary/aromatic N) is 2. The molecule has 26 heavy (non-hydrogen) atoms. The molecule has 0 bridgehead atoms. The molecule has 1 aromatic rings. The Labute approximate surface area is 157 Å². The Morgan fingerprint density at radius 2 is 1.69 bits per heavy atom. The highest BCUT2D eigenvalue weighted by Gasteiger charge is 2.08. The number of hydrogen-bond donors (Lipinski definition) is 1. The van der Waals surface area contributed by atoms with E-state index < -0.39 is 0 Å². The van der Waals surface area contributed by atoms with E-state index in [1.165, 1.54) is 0 Å². The number of carbonyl (C=O) groups excluding carboxylic acids is 2. The monoisotopic (exact) mass is 363 g/mol. The van der Waals surface area contributed by atoms with E-state index in [0.717, 1.165) is 25.2 Å². The molecule has 1 aromatic carbocycles. The van der Waals surface area contributed by atoms with Gasteiger partial charge in [0, 0.05) is 39.2 Å². The number of carbonyl (C=O) groups is 2. The van der Waals surface area contributed by atoms with Crippen molar-refractivity contribution in [2.24, 2.45) is 0 Å². The van der Waals surface area contributed by atoms with Crippen LogP contribution in [-0.2, 0) is 16.0 Å². The van der Waals surface area contributed by atoms with Crippen LogP contribution in [0.2, 0.25) is 0 Å². The first-order chi connectivity index (χ1) is 12.5. The highest BCUT2D eigenvalue weighted by atomic mass is 16.5. The summed E-state index contributed by atoms with van der Waals surface area (Å²) in [5.74, 6) is 0.000995. The van der Waals surface area contributed by atoms with E-state index >= 15 is 0 Å². The Balaban J connectivity index is 2.17. The van der Waals surface area contributed by atoms with Gasteiger partial charge in [-0.25, -0.2) is 0 Å². The van der Waals surface area contributed by atoms with Crippen LogP contribution in [0.3, 0.4) is 0 Å². The van der Waals surface area contributed by atoms with Crippen LogP contribution in [0.15, 0.2) is 24.3 Å². The van der Waals surface area contributed by atoms with Crippen molar-refractivity contribution in [3.8, 4) is 0 Å². The molecule has 0 aliphatic heterocycles. The van der Waals surface area contributed by atoms with Crippen molar-refractivity contribution in [1.29, 1.82) is 0 Å². The number of amides is 2. The van der Waals surface area contributed by atoms with Gasteiger partial charge in [0.05, 0.1) is 13.2 Å². The molecule has 0 unspecified atom stereocenters. The van der Waals surface area contributed by atoms with E-state index in [2.05, 4.69) is 24.1 Å². The summed E-state index contributed by atoms with van der Waals surface area (Å²) in [5.41, 5.74) is 1.70. The molecule has 1 rings (SSSR count). The molecule has 0 radical (unpaired) electrons. The molecule has 0 heterocycles. The fourth-order valence-corrected chi connectivity index (χ4v) is 2.52. The van der Waals surface area contributed by atoms with Gasteiger partial charge in [-0.2, -0.15) is 0 Å². The van der Waals surface area contributed by atoms with E-state index in [-0.39, 0.29) is 11.8 Å². The van der Waals surface area contributed by atoms with Crippen molar-refractivity contribution < 1.29 is 14.3 Å². The molecule has 0 spiro atoms. The summed E-state index contributed by atoms with van der Waals surface area (Å²) in [7, 11) is 3.46. The molecular formula is C20H33N3O3. The molecule has 6 heteroatoms. The number of rotatable bonds is 12. The van der Waals surface area contributed by atoms with Crippen molar-refractivity contribution >= 4 is 11.8 Å². The second kappa shape index (κ2) is 12.4. The highest BCUT2D eigenvalue weighted by Crippen LogP contribution is 2.08. The Bertz CT molecular complexity index is 540. The first kappa shape index (κ1) is 22.1. The Kier molecular flexibility index (Phi) is 10.6. The number of likely N-dealkylation sites (N-methyl/N-ethyl adjacent to an activating group) is 1. The van der Waals surface area contributed by atoms with Gasteiger partial charge in [0.15, 0.2) is 0 Å². The molecule has 0 aromatic heterocycles. The van der Waals surface area contributed by atoms with Crippen LogP contribution < -0.4 is 5.32 Å². The van der Waals surface area contributed by atoms with Crippen LogP contribution in [0.4, 0.5) is 0 Å². The van der Waals surface area contributed by atoms with E-state index in [4.69, 9.17) is 4.74 Å². The summed E-state index contributed by atoms with van der Waals surface area (Å²) in [4.78, 5) is 27.6. The zero-order valence-corrected chi connectivity index (χ0v) is 16.6. The fraction of sp³-hybridized carbons (Fsp3) is 0.600. The fourth-order valence-electron chi connectivity index (χ4n) is 2.52. The normalized spacial score (nSPS) is 10.8. The van der Waals surface area contributed by atoms with Gasteiger partial charge < -0.3 is 19.9 Å². The molecule has 146 valence electrons. The van der Waals surface area contributed by atoms with E-state index in [1.54, 1.807) is 31.1 Å². The molecule has 0 saturated heterocycles. The number of benzene rings is 1. The first-order valence-electron chi connectivity index (χ1n) is 9.35.